The number of furan rings is 1. The minimum atomic E-state index is -0.0873. The number of piperidine rings is 1. The van der Waals surface area contributed by atoms with E-state index in [1.807, 2.05) is 6.92 Å². The number of hydrogen-bond acceptors (Lipinski definition) is 5. The molecule has 2 aromatic rings. The lowest BCUT2D eigenvalue weighted by Gasteiger charge is -2.28. The number of aromatic nitrogens is 2. The van der Waals surface area contributed by atoms with Crippen molar-refractivity contribution >= 4 is 22.8 Å². The summed E-state index contributed by atoms with van der Waals surface area (Å²) in [4.78, 5) is 24.0. The van der Waals surface area contributed by atoms with Crippen LogP contribution in [0.15, 0.2) is 22.4 Å². The summed E-state index contributed by atoms with van der Waals surface area (Å²) in [5, 5.41) is 3.84. The van der Waals surface area contributed by atoms with Gasteiger partial charge in [0, 0.05) is 19.6 Å². The third-order valence-electron chi connectivity index (χ3n) is 5.64. The van der Waals surface area contributed by atoms with E-state index in [-0.39, 0.29) is 5.91 Å². The summed E-state index contributed by atoms with van der Waals surface area (Å²) < 4.78 is 5.80. The average molecular weight is 368 g/mol. The molecule has 6 heteroatoms. The van der Waals surface area contributed by atoms with Crippen LogP contribution in [0.2, 0.25) is 0 Å². The van der Waals surface area contributed by atoms with Crippen molar-refractivity contribution in [3.8, 4) is 0 Å². The molecule has 0 bridgehead atoms. The van der Waals surface area contributed by atoms with Gasteiger partial charge in [-0.15, -0.1) is 0 Å². The molecule has 0 radical (unpaired) electrons. The molecule has 1 saturated heterocycles. The summed E-state index contributed by atoms with van der Waals surface area (Å²) in [7, 11) is 0. The van der Waals surface area contributed by atoms with Crippen molar-refractivity contribution in [2.24, 2.45) is 0 Å². The SMILES string of the molecule is Cc1oc2ncnc(N3CCCCC3)c2c1C(=O)NCCC1=CCCCC1. The number of fused-ring (bicyclic) bond motifs is 1. The van der Waals surface area contributed by atoms with Gasteiger partial charge in [0.1, 0.15) is 17.9 Å². The summed E-state index contributed by atoms with van der Waals surface area (Å²) in [6.45, 7) is 4.42. The number of allylic oxidation sites excluding steroid dienone is 1. The molecule has 3 heterocycles. The largest absolute Gasteiger partial charge is 0.442 e. The van der Waals surface area contributed by atoms with E-state index in [4.69, 9.17) is 4.42 Å². The van der Waals surface area contributed by atoms with Gasteiger partial charge in [-0.05, 0) is 58.3 Å². The fourth-order valence-electron chi connectivity index (χ4n) is 4.20. The molecule has 1 aliphatic heterocycles. The van der Waals surface area contributed by atoms with Crippen molar-refractivity contribution in [2.75, 3.05) is 24.5 Å². The van der Waals surface area contributed by atoms with Gasteiger partial charge in [0.15, 0.2) is 0 Å². The Morgan fingerprint density at radius 2 is 2.04 bits per heavy atom. The summed E-state index contributed by atoms with van der Waals surface area (Å²) in [5.41, 5.74) is 2.56. The van der Waals surface area contributed by atoms with Crippen LogP contribution in [0.4, 0.5) is 5.82 Å². The monoisotopic (exact) mass is 368 g/mol. The summed E-state index contributed by atoms with van der Waals surface area (Å²) in [6, 6.07) is 0. The van der Waals surface area contributed by atoms with E-state index in [1.54, 1.807) is 0 Å². The number of carbonyl (C=O) groups excluding carboxylic acids is 1. The van der Waals surface area contributed by atoms with Crippen LogP contribution in [-0.2, 0) is 0 Å². The van der Waals surface area contributed by atoms with E-state index in [2.05, 4.69) is 26.3 Å². The zero-order chi connectivity index (χ0) is 18.6. The van der Waals surface area contributed by atoms with Gasteiger partial charge >= 0.3 is 0 Å². The van der Waals surface area contributed by atoms with Crippen LogP contribution in [0.5, 0.6) is 0 Å². The van der Waals surface area contributed by atoms with Gasteiger partial charge in [-0.2, -0.15) is 0 Å². The van der Waals surface area contributed by atoms with E-state index in [0.717, 1.165) is 50.0 Å². The number of nitrogens with zero attached hydrogens (tertiary/aromatic N) is 3. The van der Waals surface area contributed by atoms with Crippen molar-refractivity contribution in [1.29, 1.82) is 0 Å². The highest BCUT2D eigenvalue weighted by Crippen LogP contribution is 2.32. The number of anilines is 1. The fraction of sp³-hybridized carbons (Fsp3) is 0.571. The summed E-state index contributed by atoms with van der Waals surface area (Å²) >= 11 is 0. The first kappa shape index (κ1) is 18.0. The number of aryl methyl sites for hydroxylation is 1. The molecular weight excluding hydrogens is 340 g/mol. The van der Waals surface area contributed by atoms with E-state index in [9.17, 15) is 4.79 Å². The molecule has 144 valence electrons. The van der Waals surface area contributed by atoms with Gasteiger partial charge in [-0.25, -0.2) is 9.97 Å². The Kier molecular flexibility index (Phi) is 5.41. The normalized spacial score (nSPS) is 17.8. The van der Waals surface area contributed by atoms with Crippen molar-refractivity contribution in [1.82, 2.24) is 15.3 Å². The van der Waals surface area contributed by atoms with E-state index < -0.39 is 0 Å². The Hall–Kier alpha value is -2.37. The second-order valence-electron chi connectivity index (χ2n) is 7.57. The first-order valence-electron chi connectivity index (χ1n) is 10.2. The number of hydrogen-bond donors (Lipinski definition) is 1. The van der Waals surface area contributed by atoms with Gasteiger partial charge in [-0.1, -0.05) is 11.6 Å². The molecule has 1 aliphatic carbocycles. The van der Waals surface area contributed by atoms with Crippen molar-refractivity contribution in [3.63, 3.8) is 0 Å². The Balaban J connectivity index is 1.55. The zero-order valence-electron chi connectivity index (χ0n) is 16.1. The predicted octanol–water partition coefficient (Wildman–Crippen LogP) is 4.14. The average Bonchev–Trinajstić information content (AvgIpc) is 3.05. The number of nitrogens with one attached hydrogen (secondary N) is 1. The van der Waals surface area contributed by atoms with Gasteiger partial charge in [0.25, 0.3) is 5.91 Å². The second-order valence-corrected chi connectivity index (χ2v) is 7.57. The van der Waals surface area contributed by atoms with Gasteiger partial charge in [-0.3, -0.25) is 4.79 Å². The van der Waals surface area contributed by atoms with Crippen molar-refractivity contribution in [3.05, 3.63) is 29.3 Å². The smallest absolute Gasteiger partial charge is 0.255 e. The molecule has 0 spiro atoms. The number of amides is 1. The highest BCUT2D eigenvalue weighted by molar-refractivity contribution is 6.10. The van der Waals surface area contributed by atoms with E-state index in [1.165, 1.54) is 37.6 Å². The lowest BCUT2D eigenvalue weighted by Crippen LogP contribution is -2.31. The third kappa shape index (κ3) is 3.84. The molecule has 4 rings (SSSR count). The standard InChI is InChI=1S/C21H28N4O2/c1-15-17(20(26)22-11-10-16-8-4-2-5-9-16)18-19(23-14-24-21(18)27-15)25-12-6-3-7-13-25/h8,14H,2-7,9-13H2,1H3,(H,22,26). The second kappa shape index (κ2) is 8.11. The van der Waals surface area contributed by atoms with Crippen LogP contribution in [0.3, 0.4) is 0 Å². The van der Waals surface area contributed by atoms with Crippen LogP contribution < -0.4 is 10.2 Å². The first-order chi connectivity index (χ1) is 13.2. The fourth-order valence-corrected chi connectivity index (χ4v) is 4.20. The number of carbonyl (C=O) groups is 1. The van der Waals surface area contributed by atoms with E-state index >= 15 is 0 Å². The van der Waals surface area contributed by atoms with Crippen molar-refractivity contribution < 1.29 is 9.21 Å². The van der Waals surface area contributed by atoms with Crippen LogP contribution in [0.25, 0.3) is 11.1 Å². The molecule has 0 unspecified atom stereocenters. The minimum absolute atomic E-state index is 0.0873. The van der Waals surface area contributed by atoms with Crippen LogP contribution in [0.1, 0.15) is 67.5 Å². The number of rotatable bonds is 5. The molecule has 1 N–H and O–H groups in total. The van der Waals surface area contributed by atoms with Gasteiger partial charge in [0.05, 0.1) is 10.9 Å². The van der Waals surface area contributed by atoms with Gasteiger partial charge in [0.2, 0.25) is 5.71 Å². The third-order valence-corrected chi connectivity index (χ3v) is 5.64. The molecule has 2 aliphatic rings. The Morgan fingerprint density at radius 3 is 2.81 bits per heavy atom. The van der Waals surface area contributed by atoms with E-state index in [0.29, 0.717) is 23.6 Å². The van der Waals surface area contributed by atoms with Crippen LogP contribution in [0, 0.1) is 6.92 Å². The topological polar surface area (TPSA) is 71.3 Å². The van der Waals surface area contributed by atoms with Crippen LogP contribution >= 0.6 is 0 Å². The lowest BCUT2D eigenvalue weighted by molar-refractivity contribution is 0.0954. The summed E-state index contributed by atoms with van der Waals surface area (Å²) in [6.07, 6.45) is 13.2. The lowest BCUT2D eigenvalue weighted by atomic mass is 9.97. The molecule has 27 heavy (non-hydrogen) atoms. The summed E-state index contributed by atoms with van der Waals surface area (Å²) in [5.74, 6) is 1.35. The maximum absolute atomic E-state index is 13.0. The maximum Gasteiger partial charge on any atom is 0.255 e. The Labute approximate surface area is 160 Å². The molecule has 2 aromatic heterocycles. The van der Waals surface area contributed by atoms with Crippen molar-refractivity contribution in [2.45, 2.75) is 58.3 Å². The highest BCUT2D eigenvalue weighted by atomic mass is 16.3. The van der Waals surface area contributed by atoms with Gasteiger partial charge < -0.3 is 14.6 Å². The molecule has 1 fully saturated rings. The quantitative estimate of drug-likeness (QED) is 0.803. The molecule has 0 aromatic carbocycles. The molecular formula is C21H28N4O2. The van der Waals surface area contributed by atoms with Crippen LogP contribution in [-0.4, -0.2) is 35.5 Å². The predicted molar refractivity (Wildman–Crippen MR) is 106 cm³/mol. The Morgan fingerprint density at radius 1 is 1.19 bits per heavy atom. The molecule has 1 amide bonds. The molecule has 0 saturated carbocycles. The maximum atomic E-state index is 13.0. The first-order valence-corrected chi connectivity index (χ1v) is 10.2. The zero-order valence-corrected chi connectivity index (χ0v) is 16.1. The highest BCUT2D eigenvalue weighted by Gasteiger charge is 2.25. The molecule has 6 nitrogen and oxygen atoms in total. The minimum Gasteiger partial charge on any atom is -0.442 e. The molecule has 0 atom stereocenters. The Bertz CT molecular complexity index is 849.